The Balaban J connectivity index is 1.25. The number of aliphatic hydroxyl groups excluding tert-OH is 1. The highest BCUT2D eigenvalue weighted by Gasteiger charge is 2.34. The molecule has 2 saturated heterocycles. The Morgan fingerprint density at radius 3 is 2.32 bits per heavy atom. The van der Waals surface area contributed by atoms with E-state index in [4.69, 9.17) is 4.74 Å². The van der Waals surface area contributed by atoms with Gasteiger partial charge in [0.1, 0.15) is 17.2 Å². The van der Waals surface area contributed by atoms with Crippen molar-refractivity contribution in [3.8, 4) is 11.5 Å². The third kappa shape index (κ3) is 4.85. The summed E-state index contributed by atoms with van der Waals surface area (Å²) < 4.78 is 5.78. The number of nitrogens with zero attached hydrogens (tertiary/aromatic N) is 2. The topological polar surface area (TPSA) is 82.1 Å². The van der Waals surface area contributed by atoms with Gasteiger partial charge in [0.15, 0.2) is 0 Å². The van der Waals surface area contributed by atoms with Gasteiger partial charge in [-0.25, -0.2) is 9.69 Å². The van der Waals surface area contributed by atoms with Crippen molar-refractivity contribution in [1.29, 1.82) is 0 Å². The third-order valence-corrected chi connectivity index (χ3v) is 5.90. The number of carbonyl (C=O) groups excluding carboxylic acids is 2. The van der Waals surface area contributed by atoms with Crippen molar-refractivity contribution in [2.45, 2.75) is 19.1 Å². The molecule has 0 bridgehead atoms. The number of hydrogen-bond donors (Lipinski definition) is 2. The summed E-state index contributed by atoms with van der Waals surface area (Å²) in [6.45, 7) is 2.37. The number of aliphatic hydroxyl groups is 1. The SMILES string of the molecule is O=C1N/C(=C\c2ccc(CN3CCC(O)C3)cc2)C(=O)N1c1ccc(Oc2ccccc2)cc1. The van der Waals surface area contributed by atoms with E-state index in [-0.39, 0.29) is 11.8 Å². The summed E-state index contributed by atoms with van der Waals surface area (Å²) in [5.41, 5.74) is 2.65. The van der Waals surface area contributed by atoms with Gasteiger partial charge in [-0.3, -0.25) is 9.69 Å². The van der Waals surface area contributed by atoms with E-state index in [9.17, 15) is 14.7 Å². The fourth-order valence-electron chi connectivity index (χ4n) is 4.16. The highest BCUT2D eigenvalue weighted by molar-refractivity contribution is 6.28. The van der Waals surface area contributed by atoms with Crippen LogP contribution in [0.4, 0.5) is 10.5 Å². The Labute approximate surface area is 197 Å². The maximum Gasteiger partial charge on any atom is 0.333 e. The molecule has 0 aliphatic carbocycles. The first-order valence-electron chi connectivity index (χ1n) is 11.2. The van der Waals surface area contributed by atoms with Crippen molar-refractivity contribution in [2.24, 2.45) is 0 Å². The maximum absolute atomic E-state index is 12.9. The van der Waals surface area contributed by atoms with Crippen LogP contribution in [-0.2, 0) is 11.3 Å². The zero-order chi connectivity index (χ0) is 23.5. The minimum absolute atomic E-state index is 0.227. The molecular formula is C27H25N3O4. The normalized spacial score (nSPS) is 19.6. The van der Waals surface area contributed by atoms with E-state index in [1.165, 1.54) is 0 Å². The molecule has 2 heterocycles. The minimum Gasteiger partial charge on any atom is -0.457 e. The molecule has 3 aromatic rings. The molecule has 7 nitrogen and oxygen atoms in total. The summed E-state index contributed by atoms with van der Waals surface area (Å²) in [7, 11) is 0. The van der Waals surface area contributed by atoms with Gasteiger partial charge < -0.3 is 15.2 Å². The molecule has 34 heavy (non-hydrogen) atoms. The summed E-state index contributed by atoms with van der Waals surface area (Å²) in [4.78, 5) is 28.8. The molecule has 0 radical (unpaired) electrons. The maximum atomic E-state index is 12.9. The number of imide groups is 1. The van der Waals surface area contributed by atoms with Gasteiger partial charge in [0.2, 0.25) is 0 Å². The molecule has 2 aliphatic heterocycles. The van der Waals surface area contributed by atoms with Crippen LogP contribution in [-0.4, -0.2) is 41.1 Å². The highest BCUT2D eigenvalue weighted by Crippen LogP contribution is 2.27. The van der Waals surface area contributed by atoms with Crippen LogP contribution < -0.4 is 15.0 Å². The molecule has 2 aliphatic rings. The van der Waals surface area contributed by atoms with Crippen molar-refractivity contribution in [3.05, 3.63) is 95.7 Å². The van der Waals surface area contributed by atoms with Gasteiger partial charge in [0, 0.05) is 19.6 Å². The number of ether oxygens (including phenoxy) is 1. The lowest BCUT2D eigenvalue weighted by Crippen LogP contribution is -2.30. The molecule has 2 N–H and O–H groups in total. The smallest absolute Gasteiger partial charge is 0.333 e. The summed E-state index contributed by atoms with van der Waals surface area (Å²) >= 11 is 0. The van der Waals surface area contributed by atoms with Crippen LogP contribution in [0.25, 0.3) is 6.08 Å². The zero-order valence-electron chi connectivity index (χ0n) is 18.6. The summed E-state index contributed by atoms with van der Waals surface area (Å²) in [5, 5.41) is 12.3. The van der Waals surface area contributed by atoms with E-state index in [1.54, 1.807) is 30.3 Å². The Hall–Kier alpha value is -3.94. The van der Waals surface area contributed by atoms with Gasteiger partial charge in [0.05, 0.1) is 11.8 Å². The van der Waals surface area contributed by atoms with Gasteiger partial charge in [-0.1, -0.05) is 42.5 Å². The number of anilines is 1. The molecule has 0 spiro atoms. The first-order valence-corrected chi connectivity index (χ1v) is 11.2. The molecule has 172 valence electrons. The number of likely N-dealkylation sites (tertiary alicyclic amines) is 1. The Bertz CT molecular complexity index is 1210. The van der Waals surface area contributed by atoms with Gasteiger partial charge >= 0.3 is 6.03 Å². The van der Waals surface area contributed by atoms with Gasteiger partial charge in [-0.05, 0) is 60.0 Å². The van der Waals surface area contributed by atoms with Gasteiger partial charge in [-0.2, -0.15) is 0 Å². The van der Waals surface area contributed by atoms with Crippen LogP contribution in [0.1, 0.15) is 17.5 Å². The van der Waals surface area contributed by atoms with Gasteiger partial charge in [0.25, 0.3) is 5.91 Å². The lowest BCUT2D eigenvalue weighted by Gasteiger charge is -2.14. The highest BCUT2D eigenvalue weighted by atomic mass is 16.5. The number of urea groups is 1. The Morgan fingerprint density at radius 2 is 1.65 bits per heavy atom. The lowest BCUT2D eigenvalue weighted by molar-refractivity contribution is -0.113. The monoisotopic (exact) mass is 455 g/mol. The summed E-state index contributed by atoms with van der Waals surface area (Å²) in [6.07, 6.45) is 2.25. The van der Waals surface area contributed by atoms with Crippen LogP contribution in [0.5, 0.6) is 11.5 Å². The number of hydrogen-bond acceptors (Lipinski definition) is 5. The van der Waals surface area contributed by atoms with Crippen molar-refractivity contribution >= 4 is 23.7 Å². The van der Waals surface area contributed by atoms with E-state index >= 15 is 0 Å². The van der Waals surface area contributed by atoms with Crippen LogP contribution in [0.3, 0.4) is 0 Å². The van der Waals surface area contributed by atoms with E-state index in [2.05, 4.69) is 10.2 Å². The predicted molar refractivity (Wildman–Crippen MR) is 129 cm³/mol. The van der Waals surface area contributed by atoms with Crippen molar-refractivity contribution in [2.75, 3.05) is 18.0 Å². The minimum atomic E-state index is -0.489. The second kappa shape index (κ2) is 9.51. The van der Waals surface area contributed by atoms with E-state index in [0.717, 1.165) is 35.5 Å². The third-order valence-electron chi connectivity index (χ3n) is 5.90. The number of amides is 3. The van der Waals surface area contributed by atoms with Crippen LogP contribution in [0, 0.1) is 0 Å². The summed E-state index contributed by atoms with van der Waals surface area (Å²) in [5.74, 6) is 0.914. The second-order valence-electron chi connectivity index (χ2n) is 8.46. The van der Waals surface area contributed by atoms with Crippen molar-refractivity contribution in [3.63, 3.8) is 0 Å². The first kappa shape index (κ1) is 21.9. The molecule has 1 unspecified atom stereocenters. The second-order valence-corrected chi connectivity index (χ2v) is 8.46. The number of nitrogens with one attached hydrogen (secondary N) is 1. The van der Waals surface area contributed by atoms with E-state index < -0.39 is 11.9 Å². The average Bonchev–Trinajstić information content (AvgIpc) is 3.38. The van der Waals surface area contributed by atoms with Crippen LogP contribution in [0.15, 0.2) is 84.6 Å². The predicted octanol–water partition coefficient (Wildman–Crippen LogP) is 4.14. The standard InChI is InChI=1S/C27H25N3O4/c31-22-14-15-29(18-22)17-20-8-6-19(7-9-20)16-25-26(32)30(27(33)28-25)21-10-12-24(13-11-21)34-23-4-2-1-3-5-23/h1-13,16,22,31H,14-15,17-18H2,(H,28,33)/b25-16-. The molecule has 0 saturated carbocycles. The number of β-amino-alcohol motifs (C(OH)–C–C–N with tert-alkyl or cyclic N) is 1. The number of para-hydroxylation sites is 1. The molecule has 2 fully saturated rings. The fourth-order valence-corrected chi connectivity index (χ4v) is 4.16. The molecule has 3 aromatic carbocycles. The quantitative estimate of drug-likeness (QED) is 0.431. The lowest BCUT2D eigenvalue weighted by atomic mass is 10.1. The largest absolute Gasteiger partial charge is 0.457 e. The zero-order valence-corrected chi connectivity index (χ0v) is 18.6. The van der Waals surface area contributed by atoms with E-state index in [0.29, 0.717) is 23.7 Å². The number of benzene rings is 3. The Kier molecular flexibility index (Phi) is 6.12. The molecule has 1 atom stereocenters. The van der Waals surface area contributed by atoms with Crippen LogP contribution in [0.2, 0.25) is 0 Å². The average molecular weight is 456 g/mol. The fraction of sp³-hybridized carbons (Fsp3) is 0.185. The van der Waals surface area contributed by atoms with Crippen molar-refractivity contribution < 1.29 is 19.4 Å². The Morgan fingerprint density at radius 1 is 0.941 bits per heavy atom. The van der Waals surface area contributed by atoms with Crippen LogP contribution >= 0.6 is 0 Å². The molecule has 7 heteroatoms. The van der Waals surface area contributed by atoms with Gasteiger partial charge in [-0.15, -0.1) is 0 Å². The molecule has 0 aromatic heterocycles. The number of rotatable bonds is 6. The van der Waals surface area contributed by atoms with Crippen molar-refractivity contribution in [1.82, 2.24) is 10.2 Å². The summed E-state index contributed by atoms with van der Waals surface area (Å²) in [6, 6.07) is 23.6. The first-order chi connectivity index (χ1) is 16.5. The van der Waals surface area contributed by atoms with E-state index in [1.807, 2.05) is 54.6 Å². The molecule has 5 rings (SSSR count). The molecular weight excluding hydrogens is 430 g/mol. The molecule has 3 amide bonds. The number of carbonyl (C=O) groups is 2.